The predicted octanol–water partition coefficient (Wildman–Crippen LogP) is 5.36. The Bertz CT molecular complexity index is 1380. The number of hydrogen-bond acceptors (Lipinski definition) is 6. The standard InChI is InChI=1S/C23H20F4N6S/c24-20-13(1-2-19-17(20)7-15(10-28)31-19)11-33-5-3-14(4-6-33)32-21-18-8-16(9-23(25,26)27)34-22(18)30-12-29-21/h1-2,7-8,12,14,31H,3-6,9,11H2,(H,29,30,32). The number of aromatic amines is 1. The van der Waals surface area contributed by atoms with E-state index >= 15 is 0 Å². The summed E-state index contributed by atoms with van der Waals surface area (Å²) in [5.74, 6) is 0.233. The van der Waals surface area contributed by atoms with Gasteiger partial charge < -0.3 is 10.3 Å². The maximum Gasteiger partial charge on any atom is 0.393 e. The zero-order valence-corrected chi connectivity index (χ0v) is 18.7. The number of nitrogens with one attached hydrogen (secondary N) is 2. The topological polar surface area (TPSA) is 80.6 Å². The monoisotopic (exact) mass is 488 g/mol. The highest BCUT2D eigenvalue weighted by atomic mass is 32.1. The SMILES string of the molecule is N#Cc1cc2c(F)c(CN3CCC(Nc4ncnc5sc(CC(F)(F)F)cc45)CC3)ccc2[nH]1. The summed E-state index contributed by atoms with van der Waals surface area (Å²) in [4.78, 5) is 14.2. The molecule has 2 N–H and O–H groups in total. The zero-order valence-electron chi connectivity index (χ0n) is 17.9. The first kappa shape index (κ1) is 22.6. The summed E-state index contributed by atoms with van der Waals surface area (Å²) in [6.07, 6.45) is -2.30. The van der Waals surface area contributed by atoms with E-state index in [9.17, 15) is 17.6 Å². The second-order valence-corrected chi connectivity index (χ2v) is 9.55. The molecule has 1 aromatic carbocycles. The van der Waals surface area contributed by atoms with Gasteiger partial charge in [0.2, 0.25) is 0 Å². The molecule has 0 spiro atoms. The van der Waals surface area contributed by atoms with Crippen molar-refractivity contribution in [3.8, 4) is 6.07 Å². The van der Waals surface area contributed by atoms with E-state index in [-0.39, 0.29) is 16.7 Å². The first-order chi connectivity index (χ1) is 16.3. The first-order valence-electron chi connectivity index (χ1n) is 10.8. The third-order valence-electron chi connectivity index (χ3n) is 6.02. The fraction of sp³-hybridized carbons (Fsp3) is 0.348. The van der Waals surface area contributed by atoms with Crippen LogP contribution in [-0.2, 0) is 13.0 Å². The highest BCUT2D eigenvalue weighted by molar-refractivity contribution is 7.18. The van der Waals surface area contributed by atoms with Gasteiger partial charge in [-0.3, -0.25) is 4.90 Å². The minimum atomic E-state index is -4.27. The number of nitriles is 1. The molecule has 11 heteroatoms. The highest BCUT2D eigenvalue weighted by Crippen LogP contribution is 2.33. The normalized spacial score (nSPS) is 15.7. The molecule has 3 aromatic heterocycles. The van der Waals surface area contributed by atoms with E-state index in [0.29, 0.717) is 44.7 Å². The molecular formula is C23H20F4N6S. The molecule has 34 heavy (non-hydrogen) atoms. The smallest absolute Gasteiger partial charge is 0.367 e. The Morgan fingerprint density at radius 2 is 1.97 bits per heavy atom. The molecule has 176 valence electrons. The molecule has 0 radical (unpaired) electrons. The maximum absolute atomic E-state index is 14.9. The second-order valence-electron chi connectivity index (χ2n) is 8.44. The van der Waals surface area contributed by atoms with Crippen molar-refractivity contribution in [2.24, 2.45) is 0 Å². The minimum absolute atomic E-state index is 0.107. The van der Waals surface area contributed by atoms with Crippen molar-refractivity contribution in [3.63, 3.8) is 0 Å². The van der Waals surface area contributed by atoms with Crippen molar-refractivity contribution in [1.29, 1.82) is 5.26 Å². The Hall–Kier alpha value is -3.23. The lowest BCUT2D eigenvalue weighted by atomic mass is 10.0. The van der Waals surface area contributed by atoms with Crippen LogP contribution in [0.5, 0.6) is 0 Å². The lowest BCUT2D eigenvalue weighted by molar-refractivity contribution is -0.126. The van der Waals surface area contributed by atoms with Crippen LogP contribution in [0.1, 0.15) is 29.0 Å². The third kappa shape index (κ3) is 4.69. The van der Waals surface area contributed by atoms with E-state index in [4.69, 9.17) is 5.26 Å². The van der Waals surface area contributed by atoms with Crippen LogP contribution < -0.4 is 5.32 Å². The number of aromatic nitrogens is 3. The first-order valence-corrected chi connectivity index (χ1v) is 11.6. The Morgan fingerprint density at radius 3 is 2.71 bits per heavy atom. The summed E-state index contributed by atoms with van der Waals surface area (Å²) in [6, 6.07) is 8.67. The minimum Gasteiger partial charge on any atom is -0.367 e. The molecule has 0 unspecified atom stereocenters. The summed E-state index contributed by atoms with van der Waals surface area (Å²) < 4.78 is 53.2. The van der Waals surface area contributed by atoms with Gasteiger partial charge in [-0.1, -0.05) is 6.07 Å². The molecule has 1 aliphatic heterocycles. The average molecular weight is 489 g/mol. The molecule has 4 heterocycles. The van der Waals surface area contributed by atoms with Crippen LogP contribution in [0.15, 0.2) is 30.6 Å². The van der Waals surface area contributed by atoms with Gasteiger partial charge in [0.05, 0.1) is 11.8 Å². The summed E-state index contributed by atoms with van der Waals surface area (Å²) >= 11 is 1.03. The van der Waals surface area contributed by atoms with Crippen molar-refractivity contribution in [1.82, 2.24) is 19.9 Å². The third-order valence-corrected chi connectivity index (χ3v) is 7.06. The Morgan fingerprint density at radius 1 is 1.18 bits per heavy atom. The van der Waals surface area contributed by atoms with Gasteiger partial charge in [0.1, 0.15) is 34.6 Å². The van der Waals surface area contributed by atoms with Crippen molar-refractivity contribution in [2.45, 2.75) is 38.0 Å². The number of benzene rings is 1. The van der Waals surface area contributed by atoms with Gasteiger partial charge in [0.15, 0.2) is 0 Å². The van der Waals surface area contributed by atoms with Crippen LogP contribution in [0.25, 0.3) is 21.1 Å². The van der Waals surface area contributed by atoms with Crippen LogP contribution in [0.4, 0.5) is 23.4 Å². The van der Waals surface area contributed by atoms with Gasteiger partial charge in [0, 0.05) is 47.0 Å². The summed E-state index contributed by atoms with van der Waals surface area (Å²) in [6.45, 7) is 1.94. The largest absolute Gasteiger partial charge is 0.393 e. The fourth-order valence-electron chi connectivity index (χ4n) is 4.37. The molecule has 4 aromatic rings. The van der Waals surface area contributed by atoms with Gasteiger partial charge in [-0.25, -0.2) is 14.4 Å². The number of rotatable bonds is 5. The average Bonchev–Trinajstić information content (AvgIpc) is 3.40. The predicted molar refractivity (Wildman–Crippen MR) is 122 cm³/mol. The molecule has 0 atom stereocenters. The number of alkyl halides is 3. The van der Waals surface area contributed by atoms with E-state index < -0.39 is 12.6 Å². The number of piperidine rings is 1. The number of nitrogens with zero attached hydrogens (tertiary/aromatic N) is 4. The van der Waals surface area contributed by atoms with E-state index in [1.54, 1.807) is 12.1 Å². The zero-order chi connectivity index (χ0) is 23.9. The van der Waals surface area contributed by atoms with Crippen molar-refractivity contribution < 1.29 is 17.6 Å². The molecule has 1 saturated heterocycles. The number of hydrogen-bond donors (Lipinski definition) is 2. The number of thiophene rings is 1. The van der Waals surface area contributed by atoms with Crippen LogP contribution in [0, 0.1) is 17.1 Å². The fourth-order valence-corrected chi connectivity index (χ4v) is 5.40. The second kappa shape index (κ2) is 8.85. The van der Waals surface area contributed by atoms with Crippen molar-refractivity contribution >= 4 is 38.3 Å². The highest BCUT2D eigenvalue weighted by Gasteiger charge is 2.29. The lowest BCUT2D eigenvalue weighted by Gasteiger charge is -2.32. The number of anilines is 1. The summed E-state index contributed by atoms with van der Waals surface area (Å²) in [5.41, 5.74) is 1.51. The van der Waals surface area contributed by atoms with Crippen molar-refractivity contribution in [2.75, 3.05) is 18.4 Å². The Kier molecular flexibility index (Phi) is 5.87. The number of fused-ring (bicyclic) bond motifs is 2. The van der Waals surface area contributed by atoms with E-state index in [2.05, 4.69) is 25.2 Å². The molecule has 5 rings (SSSR count). The molecule has 1 aliphatic rings. The number of halogens is 4. The molecule has 0 aliphatic carbocycles. The van der Waals surface area contributed by atoms with Crippen LogP contribution in [0.2, 0.25) is 0 Å². The molecule has 1 fully saturated rings. The van der Waals surface area contributed by atoms with Crippen LogP contribution in [-0.4, -0.2) is 45.2 Å². The van der Waals surface area contributed by atoms with Gasteiger partial charge >= 0.3 is 6.18 Å². The molecule has 6 nitrogen and oxygen atoms in total. The van der Waals surface area contributed by atoms with E-state index in [0.717, 1.165) is 37.3 Å². The molecular weight excluding hydrogens is 468 g/mol. The molecule has 0 amide bonds. The Labute approximate surface area is 196 Å². The molecule has 0 bridgehead atoms. The van der Waals surface area contributed by atoms with E-state index in [1.807, 2.05) is 6.07 Å². The Balaban J connectivity index is 1.23. The van der Waals surface area contributed by atoms with Gasteiger partial charge in [-0.05, 0) is 31.0 Å². The maximum atomic E-state index is 14.9. The summed E-state index contributed by atoms with van der Waals surface area (Å²) in [5, 5.41) is 13.4. The lowest BCUT2D eigenvalue weighted by Crippen LogP contribution is -2.39. The van der Waals surface area contributed by atoms with Gasteiger partial charge in [-0.15, -0.1) is 11.3 Å². The van der Waals surface area contributed by atoms with Crippen LogP contribution >= 0.6 is 11.3 Å². The summed E-state index contributed by atoms with van der Waals surface area (Å²) in [7, 11) is 0. The van der Waals surface area contributed by atoms with Gasteiger partial charge in [-0.2, -0.15) is 18.4 Å². The quantitative estimate of drug-likeness (QED) is 0.370. The van der Waals surface area contributed by atoms with Crippen LogP contribution in [0.3, 0.4) is 0 Å². The van der Waals surface area contributed by atoms with Gasteiger partial charge in [0.25, 0.3) is 0 Å². The molecule has 0 saturated carbocycles. The van der Waals surface area contributed by atoms with Crippen molar-refractivity contribution in [3.05, 3.63) is 52.5 Å². The number of likely N-dealkylation sites (tertiary alicyclic amines) is 1. The number of H-pyrrole nitrogens is 1. The van der Waals surface area contributed by atoms with E-state index in [1.165, 1.54) is 18.5 Å².